The van der Waals surface area contributed by atoms with Gasteiger partial charge >= 0.3 is 0 Å². The van der Waals surface area contributed by atoms with Crippen LogP contribution < -0.4 is 4.72 Å². The van der Waals surface area contributed by atoms with Gasteiger partial charge in [-0.15, -0.1) is 0 Å². The summed E-state index contributed by atoms with van der Waals surface area (Å²) in [6, 6.07) is 20.7. The maximum absolute atomic E-state index is 12.9. The molecule has 1 unspecified atom stereocenters. The second-order valence-corrected chi connectivity index (χ2v) is 8.26. The van der Waals surface area contributed by atoms with Crippen LogP contribution in [0.15, 0.2) is 71.6 Å². The van der Waals surface area contributed by atoms with E-state index in [1.165, 1.54) is 0 Å². The summed E-state index contributed by atoms with van der Waals surface area (Å²) in [7, 11) is -3.61. The number of aryl methyl sites for hydroxylation is 2. The van der Waals surface area contributed by atoms with Gasteiger partial charge in [-0.2, -0.15) is 4.72 Å². The topological polar surface area (TPSA) is 46.2 Å². The minimum Gasteiger partial charge on any atom is -0.207 e. The number of fused-ring (bicyclic) bond motifs is 3. The quantitative estimate of drug-likeness (QED) is 0.764. The molecule has 1 aliphatic rings. The highest BCUT2D eigenvalue weighted by atomic mass is 32.2. The van der Waals surface area contributed by atoms with Crippen molar-refractivity contribution in [2.24, 2.45) is 0 Å². The first-order valence-corrected chi connectivity index (χ1v) is 9.73. The van der Waals surface area contributed by atoms with E-state index in [9.17, 15) is 8.42 Å². The molecule has 0 spiro atoms. The van der Waals surface area contributed by atoms with Gasteiger partial charge in [-0.3, -0.25) is 0 Å². The molecule has 0 heterocycles. The van der Waals surface area contributed by atoms with Crippen molar-refractivity contribution in [3.8, 4) is 11.1 Å². The Balaban J connectivity index is 1.80. The van der Waals surface area contributed by atoms with E-state index in [1.807, 2.05) is 62.4 Å². The van der Waals surface area contributed by atoms with Crippen LogP contribution in [0.4, 0.5) is 0 Å². The molecule has 0 bridgehead atoms. The molecule has 1 atom stereocenters. The maximum Gasteiger partial charge on any atom is 0.241 e. The van der Waals surface area contributed by atoms with Gasteiger partial charge in [0.2, 0.25) is 10.0 Å². The smallest absolute Gasteiger partial charge is 0.207 e. The van der Waals surface area contributed by atoms with Gasteiger partial charge in [0, 0.05) is 0 Å². The number of rotatable bonds is 3. The molecule has 3 nitrogen and oxygen atoms in total. The predicted octanol–water partition coefficient (Wildman–Crippen LogP) is 4.35. The number of nitrogens with one attached hydrogen (secondary N) is 1. The fourth-order valence-electron chi connectivity index (χ4n) is 3.38. The first-order valence-electron chi connectivity index (χ1n) is 8.24. The molecule has 3 aromatic carbocycles. The van der Waals surface area contributed by atoms with Crippen molar-refractivity contribution in [1.82, 2.24) is 4.72 Å². The molecule has 0 fully saturated rings. The van der Waals surface area contributed by atoms with Crippen LogP contribution in [0.5, 0.6) is 0 Å². The monoisotopic (exact) mass is 349 g/mol. The van der Waals surface area contributed by atoms with Gasteiger partial charge < -0.3 is 0 Å². The SMILES string of the molecule is Cc1ccc(S(=O)(=O)NC2c3ccccc3-c3cc(C)ccc32)cc1. The zero-order valence-corrected chi connectivity index (χ0v) is 15.0. The third-order valence-corrected chi connectivity index (χ3v) is 6.12. The van der Waals surface area contributed by atoms with E-state index in [2.05, 4.69) is 10.8 Å². The van der Waals surface area contributed by atoms with Gasteiger partial charge in [0.25, 0.3) is 0 Å². The second-order valence-electron chi connectivity index (χ2n) is 6.55. The summed E-state index contributed by atoms with van der Waals surface area (Å²) in [6.07, 6.45) is 0. The Morgan fingerprint density at radius 3 is 2.16 bits per heavy atom. The molecule has 4 heteroatoms. The Bertz CT molecular complexity index is 1050. The summed E-state index contributed by atoms with van der Waals surface area (Å²) in [5, 5.41) is 0. The summed E-state index contributed by atoms with van der Waals surface area (Å²) in [6.45, 7) is 3.99. The molecule has 25 heavy (non-hydrogen) atoms. The van der Waals surface area contributed by atoms with Crippen molar-refractivity contribution in [3.63, 3.8) is 0 Å². The molecule has 0 amide bonds. The van der Waals surface area contributed by atoms with Crippen molar-refractivity contribution >= 4 is 10.0 Å². The summed E-state index contributed by atoms with van der Waals surface area (Å²) >= 11 is 0. The Kier molecular flexibility index (Phi) is 3.74. The van der Waals surface area contributed by atoms with E-state index >= 15 is 0 Å². The highest BCUT2D eigenvalue weighted by molar-refractivity contribution is 7.89. The molecule has 3 aromatic rings. The van der Waals surface area contributed by atoms with Gasteiger partial charge in [-0.1, -0.05) is 65.7 Å². The van der Waals surface area contributed by atoms with Crippen LogP contribution in [0.3, 0.4) is 0 Å². The van der Waals surface area contributed by atoms with E-state index in [4.69, 9.17) is 0 Å². The molecule has 1 aliphatic carbocycles. The van der Waals surface area contributed by atoms with E-state index in [1.54, 1.807) is 12.1 Å². The van der Waals surface area contributed by atoms with Crippen LogP contribution >= 0.6 is 0 Å². The lowest BCUT2D eigenvalue weighted by molar-refractivity contribution is 0.573. The number of sulfonamides is 1. The van der Waals surface area contributed by atoms with Gasteiger partial charge in [-0.05, 0) is 48.2 Å². The highest BCUT2D eigenvalue weighted by Crippen LogP contribution is 2.44. The van der Waals surface area contributed by atoms with Crippen LogP contribution in [0.1, 0.15) is 28.3 Å². The van der Waals surface area contributed by atoms with Crippen LogP contribution in [0.25, 0.3) is 11.1 Å². The fraction of sp³-hybridized carbons (Fsp3) is 0.143. The van der Waals surface area contributed by atoms with E-state index in [0.717, 1.165) is 33.4 Å². The zero-order valence-electron chi connectivity index (χ0n) is 14.2. The molecule has 0 saturated heterocycles. The van der Waals surface area contributed by atoms with Crippen molar-refractivity contribution in [2.45, 2.75) is 24.8 Å². The molecule has 0 radical (unpaired) electrons. The van der Waals surface area contributed by atoms with Crippen LogP contribution in [-0.4, -0.2) is 8.42 Å². The predicted molar refractivity (Wildman–Crippen MR) is 100.0 cm³/mol. The molecule has 1 N–H and O–H groups in total. The number of hydrogen-bond acceptors (Lipinski definition) is 2. The van der Waals surface area contributed by atoms with Crippen LogP contribution in [-0.2, 0) is 10.0 Å². The summed E-state index contributed by atoms with van der Waals surface area (Å²) < 4.78 is 28.6. The molecule has 4 rings (SSSR count). The number of hydrogen-bond donors (Lipinski definition) is 1. The minimum atomic E-state index is -3.61. The summed E-state index contributed by atoms with van der Waals surface area (Å²) in [4.78, 5) is 0.288. The average molecular weight is 349 g/mol. The van der Waals surface area contributed by atoms with Gasteiger partial charge in [0.15, 0.2) is 0 Å². The first kappa shape index (κ1) is 16.1. The van der Waals surface area contributed by atoms with E-state index in [-0.39, 0.29) is 10.9 Å². The lowest BCUT2D eigenvalue weighted by Gasteiger charge is -2.16. The molecule has 126 valence electrons. The maximum atomic E-state index is 12.9. The normalized spacial score (nSPS) is 15.7. The third kappa shape index (κ3) is 2.77. The largest absolute Gasteiger partial charge is 0.241 e. The zero-order chi connectivity index (χ0) is 17.6. The Labute approximate surface area is 148 Å². The molecular formula is C21H19NO2S. The van der Waals surface area contributed by atoms with Gasteiger partial charge in [0.05, 0.1) is 10.9 Å². The van der Waals surface area contributed by atoms with Gasteiger partial charge in [-0.25, -0.2) is 8.42 Å². The van der Waals surface area contributed by atoms with Crippen molar-refractivity contribution < 1.29 is 8.42 Å². The molecule has 0 aliphatic heterocycles. The van der Waals surface area contributed by atoms with Crippen LogP contribution in [0, 0.1) is 13.8 Å². The molecule has 0 saturated carbocycles. The van der Waals surface area contributed by atoms with E-state index < -0.39 is 10.0 Å². The van der Waals surface area contributed by atoms with E-state index in [0.29, 0.717) is 0 Å². The van der Waals surface area contributed by atoms with Crippen molar-refractivity contribution in [3.05, 3.63) is 89.0 Å². The third-order valence-electron chi connectivity index (χ3n) is 4.69. The Morgan fingerprint density at radius 2 is 1.40 bits per heavy atom. The Hall–Kier alpha value is -2.43. The van der Waals surface area contributed by atoms with Gasteiger partial charge in [0.1, 0.15) is 0 Å². The summed E-state index contributed by atoms with van der Waals surface area (Å²) in [5.74, 6) is 0. The molecule has 0 aromatic heterocycles. The van der Waals surface area contributed by atoms with Crippen molar-refractivity contribution in [2.75, 3.05) is 0 Å². The van der Waals surface area contributed by atoms with Crippen molar-refractivity contribution in [1.29, 1.82) is 0 Å². The average Bonchev–Trinajstić information content (AvgIpc) is 2.88. The number of benzene rings is 3. The first-order chi connectivity index (χ1) is 12.0. The molecular weight excluding hydrogens is 330 g/mol. The lowest BCUT2D eigenvalue weighted by Crippen LogP contribution is -2.28. The van der Waals surface area contributed by atoms with Crippen LogP contribution in [0.2, 0.25) is 0 Å². The highest BCUT2D eigenvalue weighted by Gasteiger charge is 2.31. The summed E-state index contributed by atoms with van der Waals surface area (Å²) in [5.41, 5.74) is 6.40. The second kappa shape index (κ2) is 5.83. The fourth-order valence-corrected chi connectivity index (χ4v) is 4.58. The standard InChI is InChI=1S/C21H19NO2S/c1-14-7-10-16(11-8-14)25(23,24)22-21-18-6-4-3-5-17(18)20-13-15(2)9-12-19(20)21/h3-13,21-22H,1-2H3. The minimum absolute atomic E-state index is 0.288. The lowest BCUT2D eigenvalue weighted by atomic mass is 10.0. The Morgan fingerprint density at radius 1 is 0.760 bits per heavy atom.